The molecule has 5 rings (SSSR count). The number of ether oxygens (including phenoxy) is 2. The van der Waals surface area contributed by atoms with Gasteiger partial charge in [-0.15, -0.1) is 0 Å². The molecule has 0 bridgehead atoms. The molecule has 13 heteroatoms. The molecule has 2 fully saturated rings. The summed E-state index contributed by atoms with van der Waals surface area (Å²) < 4.78 is 11.2. The number of esters is 1. The van der Waals surface area contributed by atoms with E-state index in [2.05, 4.69) is 22.2 Å². The molecular weight excluding hydrogens is 676 g/mol. The Kier molecular flexibility index (Phi) is 14.0. The maximum Gasteiger partial charge on any atom is 0.410 e. The SMILES string of the molecule is CCOC(=O)CN1CCC(N(C)CCN(CC)C(=O)[C@@H](Cc2cc(C)c(O)c(C)c2)OC(=O)N2CCC(N3CCc4ccccc4NC3=O)CC2)CC1. The molecule has 3 aliphatic heterocycles. The van der Waals surface area contributed by atoms with Crippen molar-refractivity contribution in [3.8, 4) is 5.75 Å². The fourth-order valence-corrected chi connectivity index (χ4v) is 7.85. The van der Waals surface area contributed by atoms with Crippen molar-refractivity contribution in [1.82, 2.24) is 24.5 Å². The van der Waals surface area contributed by atoms with Gasteiger partial charge in [-0.05, 0) is 95.2 Å². The van der Waals surface area contributed by atoms with Gasteiger partial charge in [0, 0.05) is 76.5 Å². The van der Waals surface area contributed by atoms with Crippen molar-refractivity contribution in [2.24, 2.45) is 0 Å². The lowest BCUT2D eigenvalue weighted by Crippen LogP contribution is -2.52. The number of carbonyl (C=O) groups excluding carboxylic acids is 4. The number of para-hydroxylation sites is 1. The first-order valence-electron chi connectivity index (χ1n) is 19.2. The Morgan fingerprint density at radius 3 is 2.30 bits per heavy atom. The van der Waals surface area contributed by atoms with Gasteiger partial charge in [0.25, 0.3) is 5.91 Å². The highest BCUT2D eigenvalue weighted by Gasteiger charge is 2.35. The molecule has 2 aromatic carbocycles. The first-order valence-corrected chi connectivity index (χ1v) is 19.2. The van der Waals surface area contributed by atoms with Crippen LogP contribution < -0.4 is 5.32 Å². The van der Waals surface area contributed by atoms with Crippen LogP contribution in [0.1, 0.15) is 61.8 Å². The summed E-state index contributed by atoms with van der Waals surface area (Å²) in [5.41, 5.74) is 4.15. The fourth-order valence-electron chi connectivity index (χ4n) is 7.85. The average Bonchev–Trinajstić information content (AvgIpc) is 3.32. The maximum atomic E-state index is 14.2. The smallest absolute Gasteiger partial charge is 0.410 e. The topological polar surface area (TPSA) is 135 Å². The molecule has 0 saturated carbocycles. The van der Waals surface area contributed by atoms with Crippen molar-refractivity contribution in [1.29, 1.82) is 0 Å². The van der Waals surface area contributed by atoms with Gasteiger partial charge in [0.1, 0.15) is 5.75 Å². The van der Waals surface area contributed by atoms with Crippen LogP contribution in [0.2, 0.25) is 0 Å². The highest BCUT2D eigenvalue weighted by molar-refractivity contribution is 5.91. The van der Waals surface area contributed by atoms with Crippen LogP contribution in [0, 0.1) is 13.8 Å². The molecule has 0 spiro atoms. The minimum atomic E-state index is -1.05. The van der Waals surface area contributed by atoms with E-state index in [9.17, 15) is 24.3 Å². The third-order valence-electron chi connectivity index (χ3n) is 11.1. The minimum Gasteiger partial charge on any atom is -0.507 e. The number of aromatic hydroxyl groups is 1. The lowest BCUT2D eigenvalue weighted by molar-refractivity contribution is -0.144. The Hall–Kier alpha value is -4.36. The number of piperidine rings is 2. The van der Waals surface area contributed by atoms with Gasteiger partial charge in [-0.2, -0.15) is 0 Å². The second-order valence-electron chi connectivity index (χ2n) is 14.6. The summed E-state index contributed by atoms with van der Waals surface area (Å²) >= 11 is 0. The van der Waals surface area contributed by atoms with E-state index in [1.807, 2.05) is 69.0 Å². The molecule has 1 atom stereocenters. The molecule has 290 valence electrons. The molecule has 2 N–H and O–H groups in total. The number of carbonyl (C=O) groups is 4. The monoisotopic (exact) mass is 734 g/mol. The molecule has 0 radical (unpaired) electrons. The van der Waals surface area contributed by atoms with Gasteiger partial charge in [0.15, 0.2) is 6.10 Å². The molecule has 4 amide bonds. The van der Waals surface area contributed by atoms with Crippen molar-refractivity contribution in [3.05, 3.63) is 58.7 Å². The molecule has 2 saturated heterocycles. The molecule has 3 aliphatic rings. The van der Waals surface area contributed by atoms with E-state index in [-0.39, 0.29) is 36.1 Å². The van der Waals surface area contributed by atoms with E-state index in [4.69, 9.17) is 9.47 Å². The van der Waals surface area contributed by atoms with E-state index in [0.717, 1.165) is 49.2 Å². The highest BCUT2D eigenvalue weighted by atomic mass is 16.6. The normalized spacial score (nSPS) is 17.9. The Bertz CT molecular complexity index is 1560. The molecule has 0 aliphatic carbocycles. The lowest BCUT2D eigenvalue weighted by atomic mass is 10.0. The number of amides is 4. The zero-order valence-corrected chi connectivity index (χ0v) is 32.1. The average molecular weight is 735 g/mol. The summed E-state index contributed by atoms with van der Waals surface area (Å²) in [5.74, 6) is -0.233. The molecule has 13 nitrogen and oxygen atoms in total. The van der Waals surface area contributed by atoms with Gasteiger partial charge in [-0.1, -0.05) is 30.3 Å². The second kappa shape index (κ2) is 18.6. The number of nitrogens with zero attached hydrogens (tertiary/aromatic N) is 5. The van der Waals surface area contributed by atoms with Gasteiger partial charge in [-0.25, -0.2) is 9.59 Å². The largest absolute Gasteiger partial charge is 0.507 e. The number of hydrogen-bond donors (Lipinski definition) is 2. The molecule has 0 unspecified atom stereocenters. The maximum absolute atomic E-state index is 14.2. The number of fused-ring (bicyclic) bond motifs is 1. The zero-order valence-electron chi connectivity index (χ0n) is 32.1. The zero-order chi connectivity index (χ0) is 38.1. The van der Waals surface area contributed by atoms with Gasteiger partial charge in [0.05, 0.1) is 13.2 Å². The summed E-state index contributed by atoms with van der Waals surface area (Å²) in [6.07, 6.45) is 2.43. The van der Waals surface area contributed by atoms with Crippen molar-refractivity contribution in [3.63, 3.8) is 0 Å². The first kappa shape index (κ1) is 39.8. The Balaban J connectivity index is 1.19. The Morgan fingerprint density at radius 1 is 0.962 bits per heavy atom. The number of aryl methyl sites for hydroxylation is 2. The van der Waals surface area contributed by atoms with Gasteiger partial charge in [0.2, 0.25) is 0 Å². The van der Waals surface area contributed by atoms with E-state index in [1.165, 1.54) is 0 Å². The third-order valence-corrected chi connectivity index (χ3v) is 11.1. The summed E-state index contributed by atoms with van der Waals surface area (Å²) in [6.45, 7) is 12.7. The number of urea groups is 1. The van der Waals surface area contributed by atoms with Crippen LogP contribution in [0.5, 0.6) is 5.75 Å². The number of phenols is 1. The number of benzene rings is 2. The predicted molar refractivity (Wildman–Crippen MR) is 203 cm³/mol. The summed E-state index contributed by atoms with van der Waals surface area (Å²) in [7, 11) is 2.07. The highest BCUT2D eigenvalue weighted by Crippen LogP contribution is 2.27. The quantitative estimate of drug-likeness (QED) is 0.287. The third kappa shape index (κ3) is 10.4. The lowest BCUT2D eigenvalue weighted by Gasteiger charge is -2.38. The standard InChI is InChI=1S/C40H58N6O7/c1-6-44(23-22-42(5)32-13-17-43(18-14-32)27-36(47)52-7-2)38(49)35(26-30-24-28(3)37(48)29(4)25-30)53-40(51)45-19-15-33(16-20-45)46-21-12-31-10-8-9-11-34(31)41-39(46)50/h8-11,24-25,32-33,35,48H,6-7,12-23,26-27H2,1-5H3,(H,41,50)/t35-/m1/s1. The van der Waals surface area contributed by atoms with Gasteiger partial charge >= 0.3 is 18.1 Å². The van der Waals surface area contributed by atoms with Crippen LogP contribution >= 0.6 is 0 Å². The number of hydrogen-bond acceptors (Lipinski definition) is 9. The molecular formula is C40H58N6O7. The first-order chi connectivity index (χ1) is 25.5. The van der Waals surface area contributed by atoms with E-state index in [0.29, 0.717) is 82.4 Å². The summed E-state index contributed by atoms with van der Waals surface area (Å²) in [6, 6.07) is 11.7. The van der Waals surface area contributed by atoms with Crippen LogP contribution in [-0.4, -0.2) is 144 Å². The molecule has 3 heterocycles. The Morgan fingerprint density at radius 2 is 1.64 bits per heavy atom. The van der Waals surface area contributed by atoms with Crippen molar-refractivity contribution < 1.29 is 33.8 Å². The number of likely N-dealkylation sites (tertiary alicyclic amines) is 2. The van der Waals surface area contributed by atoms with Gasteiger partial charge in [-0.3, -0.25) is 14.5 Å². The predicted octanol–water partition coefficient (Wildman–Crippen LogP) is 4.42. The summed E-state index contributed by atoms with van der Waals surface area (Å²) in [5, 5.41) is 13.4. The minimum absolute atomic E-state index is 0.00823. The van der Waals surface area contributed by atoms with E-state index >= 15 is 0 Å². The van der Waals surface area contributed by atoms with Gasteiger partial charge < -0.3 is 39.5 Å². The van der Waals surface area contributed by atoms with Crippen molar-refractivity contribution in [2.75, 3.05) is 77.9 Å². The number of phenolic OH excluding ortho intramolecular Hbond substituents is 1. The number of nitrogens with one attached hydrogen (secondary N) is 1. The molecule has 53 heavy (non-hydrogen) atoms. The molecule has 2 aromatic rings. The molecule has 0 aromatic heterocycles. The second-order valence-corrected chi connectivity index (χ2v) is 14.6. The van der Waals surface area contributed by atoms with Crippen LogP contribution in [-0.2, 0) is 31.9 Å². The van der Waals surface area contributed by atoms with Crippen molar-refractivity contribution in [2.45, 2.75) is 84.4 Å². The fraction of sp³-hybridized carbons (Fsp3) is 0.600. The van der Waals surface area contributed by atoms with E-state index in [1.54, 1.807) is 9.80 Å². The van der Waals surface area contributed by atoms with Crippen LogP contribution in [0.25, 0.3) is 0 Å². The van der Waals surface area contributed by atoms with Crippen LogP contribution in [0.15, 0.2) is 36.4 Å². The summed E-state index contributed by atoms with van der Waals surface area (Å²) in [4.78, 5) is 62.7. The van der Waals surface area contributed by atoms with Crippen molar-refractivity contribution >= 4 is 29.7 Å². The Labute approximate surface area is 314 Å². The number of anilines is 1. The van der Waals surface area contributed by atoms with E-state index < -0.39 is 12.2 Å². The van der Waals surface area contributed by atoms with Crippen LogP contribution in [0.4, 0.5) is 15.3 Å². The number of rotatable bonds is 13. The van der Waals surface area contributed by atoms with Crippen LogP contribution in [0.3, 0.4) is 0 Å². The number of likely N-dealkylation sites (N-methyl/N-ethyl adjacent to an activating group) is 2.